The van der Waals surface area contributed by atoms with Crippen LogP contribution >= 0.6 is 15.9 Å². The molecule has 0 aromatic heterocycles. The first-order valence-corrected chi connectivity index (χ1v) is 7.50. The molecular weight excluding hydrogens is 288 g/mol. The van der Waals surface area contributed by atoms with Crippen molar-refractivity contribution >= 4 is 21.6 Å². The number of hydrogen-bond donors (Lipinski definition) is 1. The average molecular weight is 307 g/mol. The van der Waals surface area contributed by atoms with E-state index < -0.39 is 0 Å². The van der Waals surface area contributed by atoms with Gasteiger partial charge >= 0.3 is 0 Å². The summed E-state index contributed by atoms with van der Waals surface area (Å²) in [5, 5.41) is 12.8. The van der Waals surface area contributed by atoms with Gasteiger partial charge in [-0.15, -0.1) is 0 Å². The van der Waals surface area contributed by atoms with E-state index in [0.29, 0.717) is 5.92 Å². The molecule has 3 heteroatoms. The normalized spacial score (nSPS) is 18.7. The summed E-state index contributed by atoms with van der Waals surface area (Å²) in [5.74, 6) is 0.497. The number of hydrogen-bond acceptors (Lipinski definition) is 2. The Kier molecular flexibility index (Phi) is 5.07. The van der Waals surface area contributed by atoms with Crippen LogP contribution in [0.4, 0.5) is 5.69 Å². The van der Waals surface area contributed by atoms with Crippen LogP contribution in [0.3, 0.4) is 0 Å². The number of nitrogens with zero attached hydrogens (tertiary/aromatic N) is 1. The van der Waals surface area contributed by atoms with Crippen molar-refractivity contribution in [1.29, 1.82) is 5.26 Å². The monoisotopic (exact) mass is 306 g/mol. The highest BCUT2D eigenvalue weighted by Gasteiger charge is 2.22. The minimum atomic E-state index is -0.0580. The Morgan fingerprint density at radius 3 is 2.56 bits per heavy atom. The van der Waals surface area contributed by atoms with E-state index in [1.807, 2.05) is 24.3 Å². The van der Waals surface area contributed by atoms with Crippen molar-refractivity contribution in [1.82, 2.24) is 0 Å². The summed E-state index contributed by atoms with van der Waals surface area (Å²) in [6.45, 7) is 0. The van der Waals surface area contributed by atoms with E-state index in [-0.39, 0.29) is 6.04 Å². The molecule has 0 spiro atoms. The maximum Gasteiger partial charge on any atom is 0.117 e. The first kappa shape index (κ1) is 13.4. The molecule has 0 bridgehead atoms. The molecule has 1 aliphatic carbocycles. The Balaban J connectivity index is 2.02. The third-order valence-electron chi connectivity index (χ3n) is 3.66. The quantitative estimate of drug-likeness (QED) is 0.820. The smallest absolute Gasteiger partial charge is 0.117 e. The van der Waals surface area contributed by atoms with Crippen molar-refractivity contribution in [3.8, 4) is 6.07 Å². The zero-order chi connectivity index (χ0) is 12.8. The zero-order valence-electron chi connectivity index (χ0n) is 10.5. The van der Waals surface area contributed by atoms with Gasteiger partial charge in [-0.1, -0.05) is 47.7 Å². The third kappa shape index (κ3) is 3.74. The van der Waals surface area contributed by atoms with Crippen LogP contribution in [0.1, 0.15) is 38.5 Å². The summed E-state index contributed by atoms with van der Waals surface area (Å²) >= 11 is 3.46. The molecule has 1 aromatic carbocycles. The standard InChI is InChI=1S/C15H19BrN2/c16-13-8-5-9-14(10-13)18-15(11-17)12-6-3-1-2-4-7-12/h5,8-10,12,15,18H,1-4,6-7H2. The van der Waals surface area contributed by atoms with Gasteiger partial charge in [-0.25, -0.2) is 0 Å². The van der Waals surface area contributed by atoms with Crippen LogP contribution in [0.15, 0.2) is 28.7 Å². The summed E-state index contributed by atoms with van der Waals surface area (Å²) in [6.07, 6.45) is 7.54. The van der Waals surface area contributed by atoms with Crippen molar-refractivity contribution in [3.05, 3.63) is 28.7 Å². The summed E-state index contributed by atoms with van der Waals surface area (Å²) in [4.78, 5) is 0. The van der Waals surface area contributed by atoms with Crippen LogP contribution in [-0.2, 0) is 0 Å². The topological polar surface area (TPSA) is 35.8 Å². The maximum atomic E-state index is 9.38. The van der Waals surface area contributed by atoms with Crippen LogP contribution in [0.5, 0.6) is 0 Å². The molecule has 1 saturated carbocycles. The van der Waals surface area contributed by atoms with Crippen LogP contribution in [0, 0.1) is 17.2 Å². The molecule has 0 heterocycles. The van der Waals surface area contributed by atoms with Gasteiger partial charge in [-0.2, -0.15) is 5.26 Å². The molecule has 1 aromatic rings. The predicted octanol–water partition coefficient (Wildman–Crippen LogP) is 4.72. The second-order valence-corrected chi connectivity index (χ2v) is 5.93. The lowest BCUT2D eigenvalue weighted by Crippen LogP contribution is -2.27. The van der Waals surface area contributed by atoms with Crippen LogP contribution in [-0.4, -0.2) is 6.04 Å². The van der Waals surface area contributed by atoms with Crippen molar-refractivity contribution in [2.45, 2.75) is 44.6 Å². The van der Waals surface area contributed by atoms with Gasteiger partial charge < -0.3 is 5.32 Å². The molecule has 2 rings (SSSR count). The maximum absolute atomic E-state index is 9.38. The zero-order valence-corrected chi connectivity index (χ0v) is 12.1. The lowest BCUT2D eigenvalue weighted by Gasteiger charge is -2.22. The fourth-order valence-electron chi connectivity index (χ4n) is 2.66. The Labute approximate surface area is 118 Å². The van der Waals surface area contributed by atoms with Gasteiger partial charge in [-0.05, 0) is 37.0 Å². The lowest BCUT2D eigenvalue weighted by atomic mass is 9.92. The molecule has 0 aliphatic heterocycles. The molecule has 0 saturated heterocycles. The SMILES string of the molecule is N#CC(Nc1cccc(Br)c1)C1CCCCCC1. The molecule has 96 valence electrons. The minimum Gasteiger partial charge on any atom is -0.370 e. The molecular formula is C15H19BrN2. The van der Waals surface area contributed by atoms with E-state index in [0.717, 1.165) is 10.2 Å². The highest BCUT2D eigenvalue weighted by Crippen LogP contribution is 2.27. The molecule has 1 N–H and O–H groups in total. The molecule has 1 unspecified atom stereocenters. The molecule has 2 nitrogen and oxygen atoms in total. The fraction of sp³-hybridized carbons (Fsp3) is 0.533. The number of nitriles is 1. The fourth-order valence-corrected chi connectivity index (χ4v) is 3.06. The molecule has 18 heavy (non-hydrogen) atoms. The summed E-state index contributed by atoms with van der Waals surface area (Å²) < 4.78 is 1.05. The number of nitrogens with one attached hydrogen (secondary N) is 1. The highest BCUT2D eigenvalue weighted by molar-refractivity contribution is 9.10. The van der Waals surface area contributed by atoms with Gasteiger partial charge in [0.1, 0.15) is 6.04 Å². The summed E-state index contributed by atoms with van der Waals surface area (Å²) in [7, 11) is 0. The Morgan fingerprint density at radius 2 is 1.94 bits per heavy atom. The van der Waals surface area contributed by atoms with E-state index in [1.165, 1.54) is 38.5 Å². The number of benzene rings is 1. The molecule has 1 fully saturated rings. The van der Waals surface area contributed by atoms with E-state index in [9.17, 15) is 5.26 Å². The molecule has 1 atom stereocenters. The van der Waals surface area contributed by atoms with E-state index >= 15 is 0 Å². The lowest BCUT2D eigenvalue weighted by molar-refractivity contribution is 0.439. The third-order valence-corrected chi connectivity index (χ3v) is 4.15. The largest absolute Gasteiger partial charge is 0.370 e. The van der Waals surface area contributed by atoms with Gasteiger partial charge in [0.25, 0.3) is 0 Å². The summed E-state index contributed by atoms with van der Waals surface area (Å²) in [6, 6.07) is 10.4. The van der Waals surface area contributed by atoms with Crippen molar-refractivity contribution < 1.29 is 0 Å². The number of anilines is 1. The van der Waals surface area contributed by atoms with Gasteiger partial charge in [-0.3, -0.25) is 0 Å². The average Bonchev–Trinajstić information content (AvgIpc) is 2.65. The van der Waals surface area contributed by atoms with E-state index in [2.05, 4.69) is 27.3 Å². The Bertz CT molecular complexity index is 417. The van der Waals surface area contributed by atoms with Crippen molar-refractivity contribution in [2.24, 2.45) is 5.92 Å². The summed E-state index contributed by atoms with van der Waals surface area (Å²) in [5.41, 5.74) is 1.03. The number of rotatable bonds is 3. The molecule has 1 aliphatic rings. The van der Waals surface area contributed by atoms with Crippen molar-refractivity contribution in [3.63, 3.8) is 0 Å². The van der Waals surface area contributed by atoms with Gasteiger partial charge in [0, 0.05) is 10.2 Å². The van der Waals surface area contributed by atoms with E-state index in [1.54, 1.807) is 0 Å². The highest BCUT2D eigenvalue weighted by atomic mass is 79.9. The Hall–Kier alpha value is -1.01. The first-order valence-electron chi connectivity index (χ1n) is 6.71. The second kappa shape index (κ2) is 6.80. The van der Waals surface area contributed by atoms with Crippen LogP contribution in [0.2, 0.25) is 0 Å². The van der Waals surface area contributed by atoms with Gasteiger partial charge in [0.05, 0.1) is 6.07 Å². The van der Waals surface area contributed by atoms with Gasteiger partial charge in [0.2, 0.25) is 0 Å². The van der Waals surface area contributed by atoms with Crippen LogP contribution in [0.25, 0.3) is 0 Å². The molecule has 0 amide bonds. The van der Waals surface area contributed by atoms with Crippen molar-refractivity contribution in [2.75, 3.05) is 5.32 Å². The second-order valence-electron chi connectivity index (χ2n) is 5.01. The van der Waals surface area contributed by atoms with Gasteiger partial charge in [0.15, 0.2) is 0 Å². The molecule has 0 radical (unpaired) electrons. The predicted molar refractivity (Wildman–Crippen MR) is 78.4 cm³/mol. The van der Waals surface area contributed by atoms with E-state index in [4.69, 9.17) is 0 Å². The number of halogens is 1. The first-order chi connectivity index (χ1) is 8.79. The van der Waals surface area contributed by atoms with Crippen LogP contribution < -0.4 is 5.32 Å². The Morgan fingerprint density at radius 1 is 1.22 bits per heavy atom. The minimum absolute atomic E-state index is 0.0580.